The standard InChI is InChI=1S/C7H14ClN3O/c1-5(12-4)7(2,8)6(9)11-10-3/h5H,3H2,1-2,4H3,(H2,9,11). The van der Waals surface area contributed by atoms with Crippen LogP contribution < -0.4 is 5.73 Å². The summed E-state index contributed by atoms with van der Waals surface area (Å²) in [4.78, 5) is -0.837. The zero-order chi connectivity index (χ0) is 9.78. The van der Waals surface area contributed by atoms with Crippen molar-refractivity contribution >= 4 is 24.2 Å². The maximum absolute atomic E-state index is 6.05. The Hall–Kier alpha value is -0.610. The van der Waals surface area contributed by atoms with Gasteiger partial charge in [0.05, 0.1) is 6.10 Å². The van der Waals surface area contributed by atoms with Crippen LogP contribution in [0.5, 0.6) is 0 Å². The minimum absolute atomic E-state index is 0.202. The van der Waals surface area contributed by atoms with Crippen LogP contribution in [0, 0.1) is 0 Å². The fourth-order valence-electron chi connectivity index (χ4n) is 0.604. The first-order chi connectivity index (χ1) is 5.46. The Balaban J connectivity index is 4.58. The molecule has 0 aliphatic heterocycles. The fourth-order valence-corrected chi connectivity index (χ4v) is 0.730. The van der Waals surface area contributed by atoms with Crippen molar-refractivity contribution in [2.75, 3.05) is 7.11 Å². The summed E-state index contributed by atoms with van der Waals surface area (Å²) in [6, 6.07) is 0. The molecule has 2 unspecified atom stereocenters. The molecule has 4 nitrogen and oxygen atoms in total. The summed E-state index contributed by atoms with van der Waals surface area (Å²) in [6.07, 6.45) is -0.232. The summed E-state index contributed by atoms with van der Waals surface area (Å²) in [5.74, 6) is 0.202. The van der Waals surface area contributed by atoms with E-state index < -0.39 is 4.87 Å². The second kappa shape index (κ2) is 4.42. The van der Waals surface area contributed by atoms with E-state index in [1.54, 1.807) is 21.0 Å². The molecule has 0 aromatic carbocycles. The first-order valence-corrected chi connectivity index (χ1v) is 3.86. The Kier molecular flexibility index (Phi) is 4.20. The Morgan fingerprint density at radius 3 is 2.58 bits per heavy atom. The number of alkyl halides is 1. The number of rotatable bonds is 4. The molecule has 0 radical (unpaired) electrons. The summed E-state index contributed by atoms with van der Waals surface area (Å²) in [7, 11) is 1.56. The summed E-state index contributed by atoms with van der Waals surface area (Å²) < 4.78 is 5.03. The van der Waals surface area contributed by atoms with Gasteiger partial charge in [0.1, 0.15) is 10.7 Å². The number of ether oxygens (including phenoxy) is 1. The zero-order valence-electron chi connectivity index (χ0n) is 7.54. The molecule has 0 rings (SSSR count). The van der Waals surface area contributed by atoms with E-state index in [1.807, 2.05) is 0 Å². The molecule has 0 spiro atoms. The number of hydrogen-bond acceptors (Lipinski definition) is 3. The Bertz CT molecular complexity index is 191. The molecule has 0 saturated heterocycles. The Morgan fingerprint density at radius 2 is 2.25 bits per heavy atom. The van der Waals surface area contributed by atoms with E-state index in [0.29, 0.717) is 0 Å². The molecule has 70 valence electrons. The first kappa shape index (κ1) is 11.4. The van der Waals surface area contributed by atoms with Gasteiger partial charge in [-0.1, -0.05) is 0 Å². The number of halogens is 1. The van der Waals surface area contributed by atoms with E-state index in [-0.39, 0.29) is 11.9 Å². The molecular weight excluding hydrogens is 178 g/mol. The van der Waals surface area contributed by atoms with Crippen LogP contribution in [0.15, 0.2) is 10.2 Å². The number of nitrogens with zero attached hydrogens (tertiary/aromatic N) is 2. The minimum atomic E-state index is -0.837. The number of hydrogen-bond donors (Lipinski definition) is 1. The van der Waals surface area contributed by atoms with Crippen molar-refractivity contribution in [3.05, 3.63) is 0 Å². The fraction of sp³-hybridized carbons (Fsp3) is 0.714. The van der Waals surface area contributed by atoms with Gasteiger partial charge in [-0.05, 0) is 13.8 Å². The molecule has 12 heavy (non-hydrogen) atoms. The Morgan fingerprint density at radius 1 is 1.75 bits per heavy atom. The Labute approximate surface area is 77.4 Å². The topological polar surface area (TPSA) is 60.0 Å². The van der Waals surface area contributed by atoms with Crippen molar-refractivity contribution in [2.24, 2.45) is 15.9 Å². The van der Waals surface area contributed by atoms with Crippen LogP contribution in [-0.2, 0) is 4.74 Å². The average Bonchev–Trinajstić information content (AvgIpc) is 2.03. The van der Waals surface area contributed by atoms with Crippen LogP contribution in [0.25, 0.3) is 0 Å². The number of amidine groups is 1. The molecule has 0 fully saturated rings. The highest BCUT2D eigenvalue weighted by atomic mass is 35.5. The molecule has 0 bridgehead atoms. The molecule has 0 aliphatic rings. The van der Waals surface area contributed by atoms with E-state index in [9.17, 15) is 0 Å². The average molecular weight is 192 g/mol. The van der Waals surface area contributed by atoms with Crippen molar-refractivity contribution in [1.29, 1.82) is 0 Å². The maximum Gasteiger partial charge on any atom is 0.145 e. The SMILES string of the molecule is C=NN=C(N)C(C)(Cl)C(C)OC. The van der Waals surface area contributed by atoms with Gasteiger partial charge >= 0.3 is 0 Å². The van der Waals surface area contributed by atoms with Gasteiger partial charge < -0.3 is 10.5 Å². The van der Waals surface area contributed by atoms with E-state index in [2.05, 4.69) is 16.9 Å². The molecule has 2 N–H and O–H groups in total. The van der Waals surface area contributed by atoms with Crippen LogP contribution >= 0.6 is 11.6 Å². The molecular formula is C7H14ClN3O. The van der Waals surface area contributed by atoms with E-state index in [4.69, 9.17) is 22.1 Å². The van der Waals surface area contributed by atoms with Crippen molar-refractivity contribution < 1.29 is 4.74 Å². The number of methoxy groups -OCH3 is 1. The second-order valence-corrected chi connectivity index (χ2v) is 3.37. The quantitative estimate of drug-likeness (QED) is 0.312. The number of nitrogens with two attached hydrogens (primary N) is 1. The summed E-state index contributed by atoms with van der Waals surface area (Å²) in [5, 5.41) is 6.85. The molecule has 0 aliphatic carbocycles. The second-order valence-electron chi connectivity index (χ2n) is 2.58. The van der Waals surface area contributed by atoms with Crippen molar-refractivity contribution in [1.82, 2.24) is 0 Å². The van der Waals surface area contributed by atoms with Crippen LogP contribution in [-0.4, -0.2) is 30.6 Å². The lowest BCUT2D eigenvalue weighted by atomic mass is 10.0. The van der Waals surface area contributed by atoms with Crippen molar-refractivity contribution in [2.45, 2.75) is 24.8 Å². The van der Waals surface area contributed by atoms with Crippen LogP contribution in [0.2, 0.25) is 0 Å². The van der Waals surface area contributed by atoms with Gasteiger partial charge in [-0.3, -0.25) is 0 Å². The summed E-state index contributed by atoms with van der Waals surface area (Å²) >= 11 is 6.05. The highest BCUT2D eigenvalue weighted by Crippen LogP contribution is 2.21. The van der Waals surface area contributed by atoms with Crippen molar-refractivity contribution in [3.63, 3.8) is 0 Å². The first-order valence-electron chi connectivity index (χ1n) is 3.48. The zero-order valence-corrected chi connectivity index (χ0v) is 8.30. The third-order valence-corrected chi connectivity index (χ3v) is 2.30. The molecule has 2 atom stereocenters. The third-order valence-electron chi connectivity index (χ3n) is 1.80. The lowest BCUT2D eigenvalue weighted by Gasteiger charge is -2.26. The van der Waals surface area contributed by atoms with Gasteiger partial charge in [0, 0.05) is 13.8 Å². The van der Waals surface area contributed by atoms with Gasteiger partial charge in [-0.15, -0.1) is 16.7 Å². The predicted molar refractivity (Wildman–Crippen MR) is 51.9 cm³/mol. The monoisotopic (exact) mass is 191 g/mol. The van der Waals surface area contributed by atoms with Gasteiger partial charge in [0.25, 0.3) is 0 Å². The normalized spacial score (nSPS) is 19.8. The minimum Gasteiger partial charge on any atom is -0.384 e. The lowest BCUT2D eigenvalue weighted by molar-refractivity contribution is 0.104. The predicted octanol–water partition coefficient (Wildman–Crippen LogP) is 0.992. The smallest absolute Gasteiger partial charge is 0.145 e. The molecule has 0 saturated carbocycles. The van der Waals surface area contributed by atoms with Gasteiger partial charge in [0.15, 0.2) is 0 Å². The summed E-state index contributed by atoms with van der Waals surface area (Å²) in [5.41, 5.74) is 5.54. The highest BCUT2D eigenvalue weighted by molar-refractivity contribution is 6.35. The highest BCUT2D eigenvalue weighted by Gasteiger charge is 2.33. The van der Waals surface area contributed by atoms with E-state index in [0.717, 1.165) is 0 Å². The van der Waals surface area contributed by atoms with Crippen molar-refractivity contribution in [3.8, 4) is 0 Å². The van der Waals surface area contributed by atoms with Crippen LogP contribution in [0.1, 0.15) is 13.8 Å². The third kappa shape index (κ3) is 2.46. The molecule has 0 aromatic rings. The van der Waals surface area contributed by atoms with E-state index in [1.165, 1.54) is 0 Å². The van der Waals surface area contributed by atoms with Crippen LogP contribution in [0.3, 0.4) is 0 Å². The van der Waals surface area contributed by atoms with E-state index >= 15 is 0 Å². The molecule has 5 heteroatoms. The lowest BCUT2D eigenvalue weighted by Crippen LogP contribution is -2.45. The van der Waals surface area contributed by atoms with Crippen LogP contribution in [0.4, 0.5) is 0 Å². The summed E-state index contributed by atoms with van der Waals surface area (Å²) in [6.45, 7) is 6.70. The molecule has 0 heterocycles. The maximum atomic E-state index is 6.05. The largest absolute Gasteiger partial charge is 0.384 e. The van der Waals surface area contributed by atoms with Gasteiger partial charge in [-0.25, -0.2) is 0 Å². The van der Waals surface area contributed by atoms with Gasteiger partial charge in [0.2, 0.25) is 0 Å². The molecule has 0 amide bonds. The van der Waals surface area contributed by atoms with Gasteiger partial charge in [-0.2, -0.15) is 5.10 Å². The molecule has 0 aromatic heterocycles.